The quantitative estimate of drug-likeness (QED) is 0.579. The van der Waals surface area contributed by atoms with Crippen molar-refractivity contribution >= 4 is 5.78 Å². The van der Waals surface area contributed by atoms with Crippen molar-refractivity contribution in [1.82, 2.24) is 0 Å². The van der Waals surface area contributed by atoms with E-state index in [2.05, 4.69) is 11.8 Å². The number of terminal acetylenes is 2. The third kappa shape index (κ3) is 1.88. The number of ketones is 1. The highest BCUT2D eigenvalue weighted by atomic mass is 16.1. The number of rotatable bonds is 3. The molecule has 0 spiro atoms. The molecule has 12 heavy (non-hydrogen) atoms. The lowest BCUT2D eigenvalue weighted by Crippen LogP contribution is -2.26. The van der Waals surface area contributed by atoms with Gasteiger partial charge in [-0.25, -0.2) is 0 Å². The van der Waals surface area contributed by atoms with E-state index >= 15 is 0 Å². The van der Waals surface area contributed by atoms with Crippen molar-refractivity contribution < 1.29 is 4.79 Å². The van der Waals surface area contributed by atoms with E-state index in [0.717, 1.165) is 0 Å². The molecule has 60 valence electrons. The summed E-state index contributed by atoms with van der Waals surface area (Å²) in [6, 6.07) is 1.88. The molecule has 0 atom stereocenters. The maximum absolute atomic E-state index is 11.1. The molecule has 0 fully saturated rings. The zero-order valence-corrected chi connectivity index (χ0v) is 6.92. The second-order valence-corrected chi connectivity index (χ2v) is 2.51. The third-order valence-corrected chi connectivity index (χ3v) is 1.70. The van der Waals surface area contributed by atoms with E-state index in [-0.39, 0.29) is 18.6 Å². The molecule has 0 amide bonds. The van der Waals surface area contributed by atoms with Crippen LogP contribution >= 0.6 is 0 Å². The fraction of sp³-hybridized carbons (Fsp3) is 0.400. The van der Waals surface area contributed by atoms with Crippen molar-refractivity contribution in [2.24, 2.45) is 5.41 Å². The van der Waals surface area contributed by atoms with Crippen molar-refractivity contribution in [1.29, 1.82) is 5.26 Å². The molecule has 0 saturated heterocycles. The van der Waals surface area contributed by atoms with Gasteiger partial charge >= 0.3 is 0 Å². The number of carbonyl (C=O) groups excluding carboxylic acids is 1. The summed E-state index contributed by atoms with van der Waals surface area (Å²) < 4.78 is 0. The van der Waals surface area contributed by atoms with Gasteiger partial charge in [0, 0.05) is 12.8 Å². The van der Waals surface area contributed by atoms with Crippen LogP contribution in [0.4, 0.5) is 0 Å². The zero-order valence-electron chi connectivity index (χ0n) is 6.92. The van der Waals surface area contributed by atoms with Gasteiger partial charge in [-0.2, -0.15) is 5.26 Å². The molecule has 0 rings (SSSR count). The van der Waals surface area contributed by atoms with Crippen LogP contribution in [0.1, 0.15) is 19.8 Å². The summed E-state index contributed by atoms with van der Waals surface area (Å²) in [7, 11) is 0. The number of nitrogens with zero attached hydrogens (tertiary/aromatic N) is 1. The molecular weight excluding hydrogens is 150 g/mol. The lowest BCUT2D eigenvalue weighted by Gasteiger charge is -2.17. The summed E-state index contributed by atoms with van der Waals surface area (Å²) in [6.07, 6.45) is 10.2. The number of hydrogen-bond donors (Lipinski definition) is 0. The summed E-state index contributed by atoms with van der Waals surface area (Å²) in [4.78, 5) is 11.1. The first-order valence-corrected chi connectivity index (χ1v) is 3.42. The van der Waals surface area contributed by atoms with Crippen molar-refractivity contribution in [3.05, 3.63) is 0 Å². The standard InChI is InChI=1S/C10H9NO/c1-4-6-10(8-11,7-5-2)9(3)12/h1-2H,6-7H2,3H3. The SMILES string of the molecule is C#CCC(C#N)(CC#C)C(C)=O. The van der Waals surface area contributed by atoms with E-state index in [9.17, 15) is 4.79 Å². The highest BCUT2D eigenvalue weighted by Gasteiger charge is 2.33. The van der Waals surface area contributed by atoms with E-state index in [4.69, 9.17) is 18.1 Å². The molecule has 0 N–H and O–H groups in total. The Labute approximate surface area is 72.6 Å². The van der Waals surface area contributed by atoms with E-state index < -0.39 is 5.41 Å². The lowest BCUT2D eigenvalue weighted by molar-refractivity contribution is -0.123. The average Bonchev–Trinajstić information content (AvgIpc) is 2.03. The van der Waals surface area contributed by atoms with Gasteiger partial charge in [0.05, 0.1) is 6.07 Å². The Balaban J connectivity index is 4.84. The van der Waals surface area contributed by atoms with Crippen LogP contribution in [0, 0.1) is 41.4 Å². The highest BCUT2D eigenvalue weighted by Crippen LogP contribution is 2.25. The molecule has 0 saturated carbocycles. The second-order valence-electron chi connectivity index (χ2n) is 2.51. The maximum Gasteiger partial charge on any atom is 0.151 e. The van der Waals surface area contributed by atoms with Gasteiger partial charge < -0.3 is 0 Å². The number of Topliss-reactive ketones (excluding diaryl/α,β-unsaturated/α-hetero) is 1. The van der Waals surface area contributed by atoms with Crippen LogP contribution < -0.4 is 0 Å². The molecule has 2 heteroatoms. The Hall–Kier alpha value is -1.72. The summed E-state index contributed by atoms with van der Waals surface area (Å²) >= 11 is 0. The monoisotopic (exact) mass is 159 g/mol. The smallest absolute Gasteiger partial charge is 0.151 e. The third-order valence-electron chi connectivity index (χ3n) is 1.70. The van der Waals surface area contributed by atoms with Gasteiger partial charge in [0.1, 0.15) is 5.41 Å². The van der Waals surface area contributed by atoms with Crippen LogP contribution in [0.3, 0.4) is 0 Å². The molecular formula is C10H9NO. The Morgan fingerprint density at radius 3 is 2.00 bits per heavy atom. The molecule has 0 aromatic heterocycles. The van der Waals surface area contributed by atoms with E-state index in [1.165, 1.54) is 6.92 Å². The second kappa shape index (κ2) is 4.22. The van der Waals surface area contributed by atoms with Crippen molar-refractivity contribution in [2.45, 2.75) is 19.8 Å². The predicted molar refractivity (Wildman–Crippen MR) is 45.6 cm³/mol. The Bertz CT molecular complexity index is 279. The van der Waals surface area contributed by atoms with Crippen molar-refractivity contribution in [2.75, 3.05) is 0 Å². The minimum Gasteiger partial charge on any atom is -0.298 e. The van der Waals surface area contributed by atoms with Gasteiger partial charge in [-0.15, -0.1) is 24.7 Å². The first-order valence-electron chi connectivity index (χ1n) is 3.42. The van der Waals surface area contributed by atoms with Gasteiger partial charge in [0.25, 0.3) is 0 Å². The first kappa shape index (κ1) is 10.3. The van der Waals surface area contributed by atoms with E-state index in [1.54, 1.807) is 0 Å². The summed E-state index contributed by atoms with van der Waals surface area (Å²) in [6.45, 7) is 1.33. The minimum atomic E-state index is -1.16. The fourth-order valence-corrected chi connectivity index (χ4v) is 0.818. The van der Waals surface area contributed by atoms with Crippen LogP contribution in [0.5, 0.6) is 0 Å². The molecule has 0 aliphatic heterocycles. The van der Waals surface area contributed by atoms with Crippen LogP contribution in [0.25, 0.3) is 0 Å². The molecule has 0 heterocycles. The molecule has 2 nitrogen and oxygen atoms in total. The van der Waals surface area contributed by atoms with Gasteiger partial charge in [-0.3, -0.25) is 4.79 Å². The molecule has 0 aromatic rings. The highest BCUT2D eigenvalue weighted by molar-refractivity contribution is 5.85. The largest absolute Gasteiger partial charge is 0.298 e. The van der Waals surface area contributed by atoms with Crippen LogP contribution in [-0.2, 0) is 4.79 Å². The lowest BCUT2D eigenvalue weighted by atomic mass is 9.80. The van der Waals surface area contributed by atoms with Gasteiger partial charge in [0.15, 0.2) is 5.78 Å². The van der Waals surface area contributed by atoms with Gasteiger partial charge in [-0.05, 0) is 6.92 Å². The molecule has 0 aliphatic carbocycles. The maximum atomic E-state index is 11.1. The van der Waals surface area contributed by atoms with Gasteiger partial charge in [0.2, 0.25) is 0 Å². The number of nitriles is 1. The minimum absolute atomic E-state index is 0.0863. The van der Waals surface area contributed by atoms with E-state index in [0.29, 0.717) is 0 Å². The van der Waals surface area contributed by atoms with Crippen LogP contribution in [0.2, 0.25) is 0 Å². The number of carbonyl (C=O) groups is 1. The van der Waals surface area contributed by atoms with Crippen molar-refractivity contribution in [3.63, 3.8) is 0 Å². The predicted octanol–water partition coefficient (Wildman–Crippen LogP) is 1.13. The zero-order chi connectivity index (χ0) is 9.61. The van der Waals surface area contributed by atoms with Crippen molar-refractivity contribution in [3.8, 4) is 30.8 Å². The Morgan fingerprint density at radius 1 is 1.42 bits per heavy atom. The molecule has 0 unspecified atom stereocenters. The molecule has 0 radical (unpaired) electrons. The molecule has 0 bridgehead atoms. The average molecular weight is 159 g/mol. The molecule has 0 aromatic carbocycles. The Morgan fingerprint density at radius 2 is 1.83 bits per heavy atom. The Kier molecular flexibility index (Phi) is 3.61. The fourth-order valence-electron chi connectivity index (χ4n) is 0.818. The van der Waals surface area contributed by atoms with Gasteiger partial charge in [-0.1, -0.05) is 0 Å². The normalized spacial score (nSPS) is 9.17. The summed E-state index contributed by atoms with van der Waals surface area (Å²) in [5.41, 5.74) is -1.16. The summed E-state index contributed by atoms with van der Waals surface area (Å²) in [5, 5.41) is 8.75. The topological polar surface area (TPSA) is 40.9 Å². The number of hydrogen-bond acceptors (Lipinski definition) is 2. The van der Waals surface area contributed by atoms with Crippen LogP contribution in [-0.4, -0.2) is 5.78 Å². The van der Waals surface area contributed by atoms with E-state index in [1.807, 2.05) is 6.07 Å². The summed E-state index contributed by atoms with van der Waals surface area (Å²) in [5.74, 6) is 4.31. The van der Waals surface area contributed by atoms with Crippen LogP contribution in [0.15, 0.2) is 0 Å². The molecule has 0 aliphatic rings. The first-order chi connectivity index (χ1) is 5.63.